The Hall–Kier alpha value is -1.34. The summed E-state index contributed by atoms with van der Waals surface area (Å²) >= 11 is 1.75. The number of rotatable bonds is 1. The molecular weight excluding hydrogens is 274 g/mol. The van der Waals surface area contributed by atoms with Gasteiger partial charge in [-0.1, -0.05) is 11.3 Å². The highest BCUT2D eigenvalue weighted by molar-refractivity contribution is 7.15. The number of fused-ring (bicyclic) bond motifs is 1. The van der Waals surface area contributed by atoms with Crippen LogP contribution in [0.2, 0.25) is 0 Å². The minimum Gasteiger partial charge on any atom is -0.346 e. The first-order valence-electron chi connectivity index (χ1n) is 7.06. The molecule has 1 fully saturated rings. The summed E-state index contributed by atoms with van der Waals surface area (Å²) in [6.45, 7) is 5.73. The summed E-state index contributed by atoms with van der Waals surface area (Å²) < 4.78 is 0. The van der Waals surface area contributed by atoms with Gasteiger partial charge in [0.25, 0.3) is 0 Å². The highest BCUT2D eigenvalue weighted by atomic mass is 32.1. The topological polar surface area (TPSA) is 51.7 Å². The van der Waals surface area contributed by atoms with E-state index in [0.717, 1.165) is 44.3 Å². The van der Waals surface area contributed by atoms with E-state index in [1.54, 1.807) is 18.4 Å². The monoisotopic (exact) mass is 295 g/mol. The zero-order valence-electron chi connectivity index (χ0n) is 12.1. The molecule has 1 aromatic heterocycles. The molecule has 20 heavy (non-hydrogen) atoms. The standard InChI is InChI=1S/C13H21N5OS/c1-14-12(19)18-4-3-10-11(9-18)20-13(15-10)17-7-5-16(2)6-8-17/h3-9H2,1-2H3,(H,14,19). The van der Waals surface area contributed by atoms with Crippen LogP contribution in [-0.2, 0) is 13.0 Å². The van der Waals surface area contributed by atoms with E-state index in [1.165, 1.54) is 10.6 Å². The fraction of sp³-hybridized carbons (Fsp3) is 0.692. The van der Waals surface area contributed by atoms with Crippen LogP contribution in [0.3, 0.4) is 0 Å². The van der Waals surface area contributed by atoms with Crippen LogP contribution >= 0.6 is 11.3 Å². The molecule has 1 aromatic rings. The van der Waals surface area contributed by atoms with Gasteiger partial charge in [-0.15, -0.1) is 0 Å². The SMILES string of the molecule is CNC(=O)N1CCc2nc(N3CCN(C)CC3)sc2C1. The number of anilines is 1. The van der Waals surface area contributed by atoms with E-state index < -0.39 is 0 Å². The number of nitrogens with zero attached hydrogens (tertiary/aromatic N) is 4. The van der Waals surface area contributed by atoms with Crippen LogP contribution in [0, 0.1) is 0 Å². The summed E-state index contributed by atoms with van der Waals surface area (Å²) in [5.41, 5.74) is 1.18. The van der Waals surface area contributed by atoms with Gasteiger partial charge in [-0.25, -0.2) is 9.78 Å². The first-order chi connectivity index (χ1) is 9.67. The van der Waals surface area contributed by atoms with E-state index in [9.17, 15) is 4.79 Å². The lowest BCUT2D eigenvalue weighted by Crippen LogP contribution is -2.44. The molecule has 110 valence electrons. The van der Waals surface area contributed by atoms with Gasteiger partial charge in [0.15, 0.2) is 5.13 Å². The first kappa shape index (κ1) is 13.6. The molecular formula is C13H21N5OS. The molecule has 0 unspecified atom stereocenters. The third kappa shape index (κ3) is 2.60. The molecule has 0 aliphatic carbocycles. The molecule has 3 rings (SSSR count). The second-order valence-corrected chi connectivity index (χ2v) is 6.45. The number of piperazine rings is 1. The van der Waals surface area contributed by atoms with Gasteiger partial charge in [-0.05, 0) is 7.05 Å². The molecule has 2 aliphatic rings. The zero-order valence-corrected chi connectivity index (χ0v) is 12.9. The number of amides is 2. The quantitative estimate of drug-likeness (QED) is 0.824. The minimum atomic E-state index is 0.00481. The van der Waals surface area contributed by atoms with Crippen molar-refractivity contribution in [2.24, 2.45) is 0 Å². The number of carbonyl (C=O) groups is 1. The molecule has 1 saturated heterocycles. The highest BCUT2D eigenvalue weighted by Gasteiger charge is 2.25. The number of thiazole rings is 1. The molecule has 0 aromatic carbocycles. The summed E-state index contributed by atoms with van der Waals surface area (Å²) in [4.78, 5) is 24.3. The third-order valence-electron chi connectivity index (χ3n) is 3.99. The molecule has 1 N–H and O–H groups in total. The van der Waals surface area contributed by atoms with Gasteiger partial charge < -0.3 is 20.0 Å². The number of likely N-dealkylation sites (N-methyl/N-ethyl adjacent to an activating group) is 1. The van der Waals surface area contributed by atoms with Gasteiger partial charge in [-0.2, -0.15) is 0 Å². The molecule has 3 heterocycles. The van der Waals surface area contributed by atoms with Crippen molar-refractivity contribution in [2.45, 2.75) is 13.0 Å². The predicted molar refractivity (Wildman–Crippen MR) is 80.4 cm³/mol. The smallest absolute Gasteiger partial charge is 0.317 e. The Morgan fingerprint density at radius 2 is 2.00 bits per heavy atom. The normalized spacial score (nSPS) is 19.9. The molecule has 0 atom stereocenters. The maximum absolute atomic E-state index is 11.7. The van der Waals surface area contributed by atoms with Crippen LogP contribution < -0.4 is 10.2 Å². The summed E-state index contributed by atoms with van der Waals surface area (Å²) in [6.07, 6.45) is 0.868. The van der Waals surface area contributed by atoms with E-state index in [4.69, 9.17) is 4.98 Å². The minimum absolute atomic E-state index is 0.00481. The molecule has 2 amide bonds. The van der Waals surface area contributed by atoms with E-state index in [0.29, 0.717) is 6.54 Å². The van der Waals surface area contributed by atoms with Crippen molar-refractivity contribution in [1.29, 1.82) is 0 Å². The Morgan fingerprint density at radius 3 is 2.70 bits per heavy atom. The number of hydrogen-bond donors (Lipinski definition) is 1. The largest absolute Gasteiger partial charge is 0.346 e. The summed E-state index contributed by atoms with van der Waals surface area (Å²) in [5.74, 6) is 0. The Bertz CT molecular complexity index is 495. The second kappa shape index (κ2) is 5.57. The Morgan fingerprint density at radius 1 is 1.25 bits per heavy atom. The fourth-order valence-electron chi connectivity index (χ4n) is 2.65. The average Bonchev–Trinajstić information content (AvgIpc) is 2.90. The number of hydrogen-bond acceptors (Lipinski definition) is 5. The zero-order chi connectivity index (χ0) is 14.1. The lowest BCUT2D eigenvalue weighted by atomic mass is 10.2. The van der Waals surface area contributed by atoms with Crippen LogP contribution in [0.1, 0.15) is 10.6 Å². The van der Waals surface area contributed by atoms with E-state index in [-0.39, 0.29) is 6.03 Å². The molecule has 0 radical (unpaired) electrons. The summed E-state index contributed by atoms with van der Waals surface area (Å²) in [7, 11) is 3.84. The van der Waals surface area contributed by atoms with Gasteiger partial charge in [0, 0.05) is 51.1 Å². The van der Waals surface area contributed by atoms with Crippen LogP contribution in [-0.4, -0.2) is 67.6 Å². The van der Waals surface area contributed by atoms with Crippen molar-refractivity contribution in [3.63, 3.8) is 0 Å². The second-order valence-electron chi connectivity index (χ2n) is 5.38. The Labute approximate surface area is 123 Å². The fourth-order valence-corrected chi connectivity index (χ4v) is 3.82. The summed E-state index contributed by atoms with van der Waals surface area (Å²) in [5, 5.41) is 3.82. The molecule has 7 heteroatoms. The van der Waals surface area contributed by atoms with Crippen LogP contribution in [0.5, 0.6) is 0 Å². The maximum atomic E-state index is 11.7. The Balaban J connectivity index is 1.72. The van der Waals surface area contributed by atoms with Gasteiger partial charge in [0.05, 0.1) is 12.2 Å². The summed E-state index contributed by atoms with van der Waals surface area (Å²) in [6, 6.07) is 0.00481. The van der Waals surface area contributed by atoms with E-state index in [2.05, 4.69) is 22.2 Å². The van der Waals surface area contributed by atoms with Crippen LogP contribution in [0.4, 0.5) is 9.93 Å². The number of urea groups is 1. The predicted octanol–water partition coefficient (Wildman–Crippen LogP) is 0.592. The average molecular weight is 295 g/mol. The Kier molecular flexibility index (Phi) is 3.80. The number of carbonyl (C=O) groups excluding carboxylic acids is 1. The van der Waals surface area contributed by atoms with Crippen molar-refractivity contribution in [2.75, 3.05) is 51.7 Å². The molecule has 0 saturated carbocycles. The first-order valence-corrected chi connectivity index (χ1v) is 7.87. The van der Waals surface area contributed by atoms with E-state index >= 15 is 0 Å². The van der Waals surface area contributed by atoms with Crippen LogP contribution in [0.15, 0.2) is 0 Å². The number of nitrogens with one attached hydrogen (secondary N) is 1. The van der Waals surface area contributed by atoms with Crippen molar-refractivity contribution in [1.82, 2.24) is 20.1 Å². The number of aromatic nitrogens is 1. The lowest BCUT2D eigenvalue weighted by Gasteiger charge is -2.32. The van der Waals surface area contributed by atoms with Crippen LogP contribution in [0.25, 0.3) is 0 Å². The molecule has 2 aliphatic heterocycles. The van der Waals surface area contributed by atoms with Gasteiger partial charge in [-0.3, -0.25) is 0 Å². The van der Waals surface area contributed by atoms with Crippen molar-refractivity contribution >= 4 is 22.5 Å². The van der Waals surface area contributed by atoms with Gasteiger partial charge in [0.1, 0.15) is 0 Å². The molecule has 6 nitrogen and oxygen atoms in total. The van der Waals surface area contributed by atoms with Crippen molar-refractivity contribution in [3.05, 3.63) is 10.6 Å². The molecule has 0 spiro atoms. The van der Waals surface area contributed by atoms with E-state index in [1.807, 2.05) is 4.90 Å². The van der Waals surface area contributed by atoms with Gasteiger partial charge >= 0.3 is 6.03 Å². The highest BCUT2D eigenvalue weighted by Crippen LogP contribution is 2.31. The molecule has 0 bridgehead atoms. The third-order valence-corrected chi connectivity index (χ3v) is 5.14. The van der Waals surface area contributed by atoms with Crippen molar-refractivity contribution in [3.8, 4) is 0 Å². The maximum Gasteiger partial charge on any atom is 0.317 e. The lowest BCUT2D eigenvalue weighted by molar-refractivity contribution is 0.195. The van der Waals surface area contributed by atoms with Crippen molar-refractivity contribution < 1.29 is 4.79 Å². The van der Waals surface area contributed by atoms with Gasteiger partial charge in [0.2, 0.25) is 0 Å².